The highest BCUT2D eigenvalue weighted by atomic mass is 19.4. The Hall–Kier alpha value is -5.92. The van der Waals surface area contributed by atoms with E-state index in [2.05, 4.69) is 16.2 Å². The summed E-state index contributed by atoms with van der Waals surface area (Å²) < 4.78 is 49.0. The van der Waals surface area contributed by atoms with Gasteiger partial charge >= 0.3 is 12.1 Å². The second-order valence-corrected chi connectivity index (χ2v) is 9.37. The fourth-order valence-corrected chi connectivity index (χ4v) is 3.89. The number of carboxylic acid groups (broad SMARTS) is 1. The molecule has 4 rings (SSSR count). The van der Waals surface area contributed by atoms with E-state index in [-0.39, 0.29) is 18.3 Å². The zero-order valence-corrected chi connectivity index (χ0v) is 24.7. The van der Waals surface area contributed by atoms with Crippen molar-refractivity contribution < 1.29 is 42.1 Å². The van der Waals surface area contributed by atoms with Crippen LogP contribution in [0.3, 0.4) is 0 Å². The Morgan fingerprint density at radius 1 is 0.848 bits per heavy atom. The lowest BCUT2D eigenvalue weighted by molar-refractivity contribution is -0.192. The third-order valence-corrected chi connectivity index (χ3v) is 6.18. The van der Waals surface area contributed by atoms with Gasteiger partial charge in [-0.05, 0) is 48.0 Å². The Morgan fingerprint density at radius 2 is 1.39 bits per heavy atom. The Labute approximate surface area is 262 Å². The number of rotatable bonds is 12. The van der Waals surface area contributed by atoms with Crippen LogP contribution in [0.2, 0.25) is 0 Å². The number of benzene rings is 4. The maximum Gasteiger partial charge on any atom is 0.490 e. The van der Waals surface area contributed by atoms with Crippen LogP contribution in [0.25, 0.3) is 0 Å². The average molecular weight is 640 g/mol. The van der Waals surface area contributed by atoms with E-state index in [4.69, 9.17) is 35.3 Å². The molecule has 4 aromatic rings. The Balaban J connectivity index is 0.000000738. The van der Waals surface area contributed by atoms with Gasteiger partial charge in [-0.1, -0.05) is 48.5 Å². The van der Waals surface area contributed by atoms with E-state index in [1.165, 1.54) is 7.11 Å². The molecule has 11 nitrogen and oxygen atoms in total. The number of nitrogens with one attached hydrogen (secondary N) is 4. The molecule has 0 heterocycles. The van der Waals surface area contributed by atoms with Crippen LogP contribution in [0.15, 0.2) is 97.1 Å². The van der Waals surface area contributed by atoms with Crippen LogP contribution in [0, 0.1) is 5.41 Å². The molecule has 0 bridgehead atoms. The smallest absolute Gasteiger partial charge is 0.490 e. The summed E-state index contributed by atoms with van der Waals surface area (Å²) in [6.07, 6.45) is -5.08. The number of halogens is 3. The number of hydrazine groups is 1. The SMILES string of the molecule is COc1cc(OCc2ccccc2)c(C(Nc2ccc(C(=N)N)cc2)C(=O)NNc2ccccc2)cc1OC.O=C(O)C(F)(F)F. The van der Waals surface area contributed by atoms with Gasteiger partial charge in [-0.15, -0.1) is 0 Å². The molecule has 4 aromatic carbocycles. The minimum absolute atomic E-state index is 0.0422. The van der Waals surface area contributed by atoms with Crippen molar-refractivity contribution in [1.82, 2.24) is 5.43 Å². The summed E-state index contributed by atoms with van der Waals surface area (Å²) in [7, 11) is 3.08. The van der Waals surface area contributed by atoms with Gasteiger partial charge in [0.25, 0.3) is 5.91 Å². The molecule has 46 heavy (non-hydrogen) atoms. The predicted octanol–water partition coefficient (Wildman–Crippen LogP) is 5.50. The van der Waals surface area contributed by atoms with Crippen molar-refractivity contribution in [2.45, 2.75) is 18.8 Å². The molecular weight excluding hydrogens is 607 g/mol. The molecule has 0 aliphatic rings. The van der Waals surface area contributed by atoms with Gasteiger partial charge in [0, 0.05) is 22.9 Å². The molecule has 0 aliphatic carbocycles. The lowest BCUT2D eigenvalue weighted by Gasteiger charge is -2.24. The third-order valence-electron chi connectivity index (χ3n) is 6.18. The summed E-state index contributed by atoms with van der Waals surface area (Å²) in [6, 6.07) is 28.5. The molecule has 0 aliphatic heterocycles. The van der Waals surface area contributed by atoms with E-state index in [1.807, 2.05) is 60.7 Å². The predicted molar refractivity (Wildman–Crippen MR) is 166 cm³/mol. The molecular formula is C32H32F3N5O6. The van der Waals surface area contributed by atoms with Gasteiger partial charge in [-0.3, -0.25) is 21.1 Å². The number of alkyl halides is 3. The van der Waals surface area contributed by atoms with Crippen molar-refractivity contribution in [3.05, 3.63) is 114 Å². The molecule has 0 saturated heterocycles. The Kier molecular flexibility index (Phi) is 12.2. The summed E-state index contributed by atoms with van der Waals surface area (Å²) in [4.78, 5) is 22.6. The van der Waals surface area contributed by atoms with E-state index in [9.17, 15) is 18.0 Å². The molecule has 242 valence electrons. The van der Waals surface area contributed by atoms with Crippen molar-refractivity contribution in [1.29, 1.82) is 5.41 Å². The maximum absolute atomic E-state index is 13.7. The topological polar surface area (TPSA) is 168 Å². The van der Waals surface area contributed by atoms with Crippen LogP contribution in [0.1, 0.15) is 22.7 Å². The summed E-state index contributed by atoms with van der Waals surface area (Å²) in [5, 5.41) is 18.1. The quantitative estimate of drug-likeness (QED) is 0.0667. The minimum atomic E-state index is -5.08. The first-order valence-electron chi connectivity index (χ1n) is 13.5. The number of amidine groups is 1. The summed E-state index contributed by atoms with van der Waals surface area (Å²) >= 11 is 0. The van der Waals surface area contributed by atoms with Crippen molar-refractivity contribution in [2.75, 3.05) is 25.0 Å². The molecule has 0 saturated carbocycles. The van der Waals surface area contributed by atoms with Crippen LogP contribution in [0.5, 0.6) is 17.2 Å². The molecule has 14 heteroatoms. The molecule has 0 fully saturated rings. The van der Waals surface area contributed by atoms with Crippen LogP contribution in [0.4, 0.5) is 24.5 Å². The number of carboxylic acids is 1. The van der Waals surface area contributed by atoms with Crippen LogP contribution >= 0.6 is 0 Å². The molecule has 7 N–H and O–H groups in total. The van der Waals surface area contributed by atoms with Crippen molar-refractivity contribution >= 4 is 29.1 Å². The molecule has 1 unspecified atom stereocenters. The highest BCUT2D eigenvalue weighted by Crippen LogP contribution is 2.39. The van der Waals surface area contributed by atoms with Gasteiger partial charge < -0.3 is 30.4 Å². The van der Waals surface area contributed by atoms with E-state index < -0.39 is 18.2 Å². The third kappa shape index (κ3) is 10.1. The summed E-state index contributed by atoms with van der Waals surface area (Å²) in [6.45, 7) is 0.285. The number of nitrogens with two attached hydrogens (primary N) is 1. The fourth-order valence-electron chi connectivity index (χ4n) is 3.89. The van der Waals surface area contributed by atoms with E-state index >= 15 is 0 Å². The Morgan fingerprint density at radius 3 is 1.91 bits per heavy atom. The first kappa shape index (κ1) is 34.6. The normalized spacial score (nSPS) is 11.2. The zero-order chi connectivity index (χ0) is 33.7. The van der Waals surface area contributed by atoms with Gasteiger partial charge in [-0.2, -0.15) is 13.2 Å². The second-order valence-electron chi connectivity index (χ2n) is 9.37. The van der Waals surface area contributed by atoms with E-state index in [1.54, 1.807) is 43.5 Å². The minimum Gasteiger partial charge on any atom is -0.493 e. The highest BCUT2D eigenvalue weighted by Gasteiger charge is 2.38. The lowest BCUT2D eigenvalue weighted by atomic mass is 10.0. The van der Waals surface area contributed by atoms with E-state index in [0.717, 1.165) is 11.3 Å². The fraction of sp³-hybridized carbons (Fsp3) is 0.156. The van der Waals surface area contributed by atoms with E-state index in [0.29, 0.717) is 34.1 Å². The van der Waals surface area contributed by atoms with Crippen molar-refractivity contribution in [2.24, 2.45) is 5.73 Å². The molecule has 1 atom stereocenters. The van der Waals surface area contributed by atoms with Crippen LogP contribution < -0.4 is 36.1 Å². The van der Waals surface area contributed by atoms with Gasteiger partial charge in [-0.25, -0.2) is 4.79 Å². The number of hydrogen-bond acceptors (Lipinski definition) is 8. The number of methoxy groups -OCH3 is 2. The van der Waals surface area contributed by atoms with Crippen molar-refractivity contribution in [3.8, 4) is 17.2 Å². The standard InChI is InChI=1S/C30H31N5O4.C2HF3O2/c1-37-26-17-24(25(18-27(26)38-2)39-19-20-9-5-3-6-10-20)28(30(36)35-34-23-11-7-4-8-12-23)33-22-15-13-21(14-16-22)29(31)32;3-2(4,5)1(6)7/h3-18,28,33-34H,19H2,1-2H3,(H3,31,32)(H,35,36);(H,6,7). The van der Waals surface area contributed by atoms with Crippen LogP contribution in [-0.2, 0) is 16.2 Å². The number of anilines is 2. The molecule has 1 amide bonds. The first-order valence-corrected chi connectivity index (χ1v) is 13.5. The number of nitrogen functional groups attached to an aromatic ring is 1. The largest absolute Gasteiger partial charge is 0.493 e. The zero-order valence-electron chi connectivity index (χ0n) is 24.7. The molecule has 0 aromatic heterocycles. The van der Waals surface area contributed by atoms with Gasteiger partial charge in [0.2, 0.25) is 0 Å². The number of hydrogen-bond donors (Lipinski definition) is 6. The lowest BCUT2D eigenvalue weighted by Crippen LogP contribution is -2.37. The number of carbonyl (C=O) groups excluding carboxylic acids is 1. The maximum atomic E-state index is 13.7. The number of ether oxygens (including phenoxy) is 3. The average Bonchev–Trinajstić information content (AvgIpc) is 3.05. The number of para-hydroxylation sites is 1. The van der Waals surface area contributed by atoms with Crippen molar-refractivity contribution in [3.63, 3.8) is 0 Å². The summed E-state index contributed by atoms with van der Waals surface area (Å²) in [5.74, 6) is -1.80. The van der Waals surface area contributed by atoms with Gasteiger partial charge in [0.15, 0.2) is 11.5 Å². The molecule has 0 spiro atoms. The molecule has 0 radical (unpaired) electrons. The second kappa shape index (κ2) is 16.2. The highest BCUT2D eigenvalue weighted by molar-refractivity contribution is 5.95. The van der Waals surface area contributed by atoms with Crippen LogP contribution in [-0.4, -0.2) is 43.2 Å². The first-order chi connectivity index (χ1) is 21.9. The monoisotopic (exact) mass is 639 g/mol. The summed E-state index contributed by atoms with van der Waals surface area (Å²) in [5.41, 5.74) is 14.8. The number of aliphatic carboxylic acids is 1. The van der Waals surface area contributed by atoms with Gasteiger partial charge in [0.05, 0.1) is 19.9 Å². The number of carbonyl (C=O) groups is 2. The van der Waals surface area contributed by atoms with Gasteiger partial charge in [0.1, 0.15) is 24.2 Å². The Bertz CT molecular complexity index is 1600. The number of amides is 1.